The van der Waals surface area contributed by atoms with Crippen molar-refractivity contribution < 1.29 is 9.90 Å². The maximum atomic E-state index is 11.5. The first-order valence-electron chi connectivity index (χ1n) is 6.56. The summed E-state index contributed by atoms with van der Waals surface area (Å²) in [5.74, 6) is -0.0933. The van der Waals surface area contributed by atoms with Crippen molar-refractivity contribution >= 4 is 21.9 Å². The van der Waals surface area contributed by atoms with Crippen molar-refractivity contribution in [1.82, 2.24) is 0 Å². The molecular weight excluding hydrogens is 292 g/mol. The van der Waals surface area contributed by atoms with Gasteiger partial charge in [0.2, 0.25) is 0 Å². The number of halogens is 1. The van der Waals surface area contributed by atoms with Crippen molar-refractivity contribution in [2.45, 2.75) is 38.5 Å². The average molecular weight is 311 g/mol. The molecule has 2 nitrogen and oxygen atoms in total. The van der Waals surface area contributed by atoms with Gasteiger partial charge in [-0.25, -0.2) is 0 Å². The van der Waals surface area contributed by atoms with Gasteiger partial charge in [-0.15, -0.1) is 0 Å². The van der Waals surface area contributed by atoms with E-state index < -0.39 is 5.97 Å². The first kappa shape index (κ1) is 13.6. The highest BCUT2D eigenvalue weighted by Crippen LogP contribution is 2.39. The molecule has 2 unspecified atom stereocenters. The molecule has 0 aliphatic heterocycles. The number of benzene rings is 1. The van der Waals surface area contributed by atoms with Crippen LogP contribution in [0, 0.1) is 11.8 Å². The maximum absolute atomic E-state index is 11.5. The smallest absolute Gasteiger partial charge is 0.307 e. The molecule has 0 amide bonds. The summed E-state index contributed by atoms with van der Waals surface area (Å²) in [4.78, 5) is 11.5. The van der Waals surface area contributed by atoms with Crippen LogP contribution in [0.4, 0.5) is 0 Å². The molecule has 0 radical (unpaired) electrons. The van der Waals surface area contributed by atoms with Gasteiger partial charge in [0.25, 0.3) is 0 Å². The molecule has 1 N–H and O–H groups in total. The lowest BCUT2D eigenvalue weighted by atomic mass is 9.81. The summed E-state index contributed by atoms with van der Waals surface area (Å²) < 4.78 is 1.04. The van der Waals surface area contributed by atoms with Crippen LogP contribution in [0.2, 0.25) is 0 Å². The molecular formula is C15H19BrO2. The summed E-state index contributed by atoms with van der Waals surface area (Å²) in [6.45, 7) is 2.23. The number of hydrogen-bond acceptors (Lipinski definition) is 1. The van der Waals surface area contributed by atoms with Gasteiger partial charge in [-0.05, 0) is 42.4 Å². The summed E-state index contributed by atoms with van der Waals surface area (Å²) in [5, 5.41) is 9.43. The number of carboxylic acid groups (broad SMARTS) is 1. The molecule has 0 bridgehead atoms. The van der Waals surface area contributed by atoms with E-state index in [1.807, 2.05) is 12.1 Å². The number of carboxylic acids is 1. The van der Waals surface area contributed by atoms with Crippen LogP contribution in [0.25, 0.3) is 0 Å². The van der Waals surface area contributed by atoms with E-state index in [0.717, 1.165) is 30.2 Å². The van der Waals surface area contributed by atoms with Crippen molar-refractivity contribution in [2.24, 2.45) is 11.8 Å². The summed E-state index contributed by atoms with van der Waals surface area (Å²) in [6, 6.07) is 8.12. The van der Waals surface area contributed by atoms with E-state index in [9.17, 15) is 9.90 Å². The van der Waals surface area contributed by atoms with Crippen LogP contribution in [0.3, 0.4) is 0 Å². The Balaban J connectivity index is 2.29. The lowest BCUT2D eigenvalue weighted by molar-refractivity contribution is -0.142. The lowest BCUT2D eigenvalue weighted by Gasteiger charge is -2.23. The monoisotopic (exact) mass is 310 g/mol. The van der Waals surface area contributed by atoms with E-state index in [4.69, 9.17) is 0 Å². The minimum Gasteiger partial charge on any atom is -0.481 e. The molecule has 1 aliphatic rings. The third-order valence-corrected chi connectivity index (χ3v) is 4.50. The highest BCUT2D eigenvalue weighted by Gasteiger charge is 2.32. The van der Waals surface area contributed by atoms with E-state index in [1.54, 1.807) is 0 Å². The van der Waals surface area contributed by atoms with Crippen molar-refractivity contribution in [3.8, 4) is 0 Å². The zero-order valence-corrected chi connectivity index (χ0v) is 12.2. The highest BCUT2D eigenvalue weighted by molar-refractivity contribution is 9.10. The number of rotatable bonds is 2. The fraction of sp³-hybridized carbons (Fsp3) is 0.533. The summed E-state index contributed by atoms with van der Waals surface area (Å²) in [5.41, 5.74) is 1.17. The van der Waals surface area contributed by atoms with E-state index in [0.29, 0.717) is 5.92 Å². The fourth-order valence-electron chi connectivity index (χ4n) is 2.98. The van der Waals surface area contributed by atoms with Crippen LogP contribution in [0.15, 0.2) is 28.7 Å². The summed E-state index contributed by atoms with van der Waals surface area (Å²) in [6.07, 6.45) is 3.97. The molecule has 3 heteroatoms. The normalized spacial score (nSPS) is 28.7. The minimum absolute atomic E-state index is 0.160. The SMILES string of the molecule is CC1CCCC(C(=O)O)[C@H](c2ccc(Br)cc2)C1. The predicted octanol–water partition coefficient (Wildman–Crippen LogP) is 4.44. The molecule has 3 atom stereocenters. The molecule has 98 valence electrons. The average Bonchev–Trinajstić information content (AvgIpc) is 2.52. The van der Waals surface area contributed by atoms with Crippen LogP contribution in [0.1, 0.15) is 44.1 Å². The third kappa shape index (κ3) is 3.14. The largest absolute Gasteiger partial charge is 0.481 e. The second kappa shape index (κ2) is 5.87. The van der Waals surface area contributed by atoms with Gasteiger partial charge in [-0.2, -0.15) is 0 Å². The summed E-state index contributed by atoms with van der Waals surface area (Å²) in [7, 11) is 0. The van der Waals surface area contributed by atoms with Crippen LogP contribution in [-0.4, -0.2) is 11.1 Å². The standard InChI is InChI=1S/C15H19BrO2/c1-10-3-2-4-13(15(17)18)14(9-10)11-5-7-12(16)8-6-11/h5-8,10,13-14H,2-4,9H2,1H3,(H,17,18)/t10?,13?,14-/m0/s1. The molecule has 0 aromatic heterocycles. The first-order valence-corrected chi connectivity index (χ1v) is 7.35. The molecule has 18 heavy (non-hydrogen) atoms. The molecule has 1 aliphatic carbocycles. The topological polar surface area (TPSA) is 37.3 Å². The Labute approximate surface area is 117 Å². The molecule has 1 saturated carbocycles. The van der Waals surface area contributed by atoms with Crippen LogP contribution in [-0.2, 0) is 4.79 Å². The van der Waals surface area contributed by atoms with E-state index in [2.05, 4.69) is 35.0 Å². The van der Waals surface area contributed by atoms with Crippen molar-refractivity contribution in [2.75, 3.05) is 0 Å². The van der Waals surface area contributed by atoms with Crippen molar-refractivity contribution in [3.05, 3.63) is 34.3 Å². The third-order valence-electron chi connectivity index (χ3n) is 3.97. The van der Waals surface area contributed by atoms with E-state index >= 15 is 0 Å². The van der Waals surface area contributed by atoms with Gasteiger partial charge in [0.15, 0.2) is 0 Å². The molecule has 1 fully saturated rings. The van der Waals surface area contributed by atoms with Gasteiger partial charge in [-0.1, -0.05) is 47.8 Å². The zero-order chi connectivity index (χ0) is 13.1. The van der Waals surface area contributed by atoms with E-state index in [-0.39, 0.29) is 11.8 Å². The minimum atomic E-state index is -0.642. The first-order chi connectivity index (χ1) is 8.58. The van der Waals surface area contributed by atoms with Gasteiger partial charge in [0.05, 0.1) is 5.92 Å². The fourth-order valence-corrected chi connectivity index (χ4v) is 3.24. The van der Waals surface area contributed by atoms with Crippen molar-refractivity contribution in [1.29, 1.82) is 0 Å². The lowest BCUT2D eigenvalue weighted by Crippen LogP contribution is -2.21. The van der Waals surface area contributed by atoms with Gasteiger partial charge in [-0.3, -0.25) is 4.79 Å². The Morgan fingerprint density at radius 2 is 1.94 bits per heavy atom. The summed E-state index contributed by atoms with van der Waals surface area (Å²) >= 11 is 3.42. The van der Waals surface area contributed by atoms with Crippen molar-refractivity contribution in [3.63, 3.8) is 0 Å². The molecule has 1 aromatic carbocycles. The Kier molecular flexibility index (Phi) is 4.44. The van der Waals surface area contributed by atoms with Crippen LogP contribution >= 0.6 is 15.9 Å². The maximum Gasteiger partial charge on any atom is 0.307 e. The van der Waals surface area contributed by atoms with Gasteiger partial charge < -0.3 is 5.11 Å². The van der Waals surface area contributed by atoms with Gasteiger partial charge in [0.1, 0.15) is 0 Å². The van der Waals surface area contributed by atoms with Crippen LogP contribution in [0.5, 0.6) is 0 Å². The highest BCUT2D eigenvalue weighted by atomic mass is 79.9. The Morgan fingerprint density at radius 1 is 1.28 bits per heavy atom. The molecule has 2 rings (SSSR count). The molecule has 1 aromatic rings. The Bertz CT molecular complexity index is 413. The van der Waals surface area contributed by atoms with Crippen LogP contribution < -0.4 is 0 Å². The Morgan fingerprint density at radius 3 is 2.56 bits per heavy atom. The van der Waals surface area contributed by atoms with E-state index in [1.165, 1.54) is 5.56 Å². The number of aliphatic carboxylic acids is 1. The molecule has 0 saturated heterocycles. The number of carbonyl (C=O) groups is 1. The second-order valence-corrected chi connectivity index (χ2v) is 6.29. The Hall–Kier alpha value is -0.830. The molecule has 0 spiro atoms. The number of hydrogen-bond donors (Lipinski definition) is 1. The molecule has 0 heterocycles. The van der Waals surface area contributed by atoms with Gasteiger partial charge in [0, 0.05) is 4.47 Å². The zero-order valence-electron chi connectivity index (χ0n) is 10.6. The second-order valence-electron chi connectivity index (χ2n) is 5.37. The predicted molar refractivity (Wildman–Crippen MR) is 75.6 cm³/mol. The van der Waals surface area contributed by atoms with Gasteiger partial charge >= 0.3 is 5.97 Å². The quantitative estimate of drug-likeness (QED) is 0.820.